The van der Waals surface area contributed by atoms with Crippen LogP contribution in [0.15, 0.2) is 59.8 Å². The predicted octanol–water partition coefficient (Wildman–Crippen LogP) is 4.43. The van der Waals surface area contributed by atoms with Crippen molar-refractivity contribution in [3.8, 4) is 11.3 Å². The molecule has 2 aromatic heterocycles. The number of carbonyl (C=O) groups excluding carboxylic acids is 2. The number of alkyl halides is 4. The van der Waals surface area contributed by atoms with Gasteiger partial charge in [0.2, 0.25) is 11.8 Å². The normalized spacial score (nSPS) is 18.7. The van der Waals surface area contributed by atoms with Crippen molar-refractivity contribution in [1.82, 2.24) is 20.4 Å². The second-order valence-corrected chi connectivity index (χ2v) is 8.36. The van der Waals surface area contributed by atoms with Gasteiger partial charge in [-0.25, -0.2) is 23.1 Å². The Kier molecular flexibility index (Phi) is 6.94. The summed E-state index contributed by atoms with van der Waals surface area (Å²) in [6.45, 7) is 0. The topological polar surface area (TPSA) is 101 Å². The lowest BCUT2D eigenvalue weighted by Crippen LogP contribution is -2.49. The Morgan fingerprint density at radius 3 is 2.40 bits per heavy atom. The zero-order valence-corrected chi connectivity index (χ0v) is 19.0. The van der Waals surface area contributed by atoms with E-state index in [0.29, 0.717) is 16.2 Å². The molecule has 1 aliphatic rings. The van der Waals surface area contributed by atoms with Gasteiger partial charge >= 0.3 is 0 Å². The molecule has 2 atom stereocenters. The molecule has 1 aromatic carbocycles. The van der Waals surface area contributed by atoms with E-state index in [1.165, 1.54) is 30.5 Å². The van der Waals surface area contributed by atoms with E-state index in [1.807, 2.05) is 0 Å². The van der Waals surface area contributed by atoms with Crippen molar-refractivity contribution in [2.75, 3.05) is 4.90 Å². The van der Waals surface area contributed by atoms with E-state index >= 15 is 0 Å². The van der Waals surface area contributed by atoms with Crippen molar-refractivity contribution >= 4 is 29.1 Å². The maximum absolute atomic E-state index is 14.2. The summed E-state index contributed by atoms with van der Waals surface area (Å²) in [7, 11) is 0. The van der Waals surface area contributed by atoms with Crippen LogP contribution in [0.3, 0.4) is 0 Å². The van der Waals surface area contributed by atoms with E-state index in [-0.39, 0.29) is 24.1 Å². The zero-order chi connectivity index (χ0) is 25.9. The molecule has 3 aromatic rings. The monoisotopic (exact) mass is 508 g/mol. The lowest BCUT2D eigenvalue weighted by Gasteiger charge is -2.34. The number of benzene rings is 1. The second-order valence-electron chi connectivity index (χ2n) is 7.98. The van der Waals surface area contributed by atoms with Crippen LogP contribution >= 0.6 is 11.6 Å². The van der Waals surface area contributed by atoms with Crippen molar-refractivity contribution in [3.63, 3.8) is 0 Å². The minimum Gasteiger partial charge on any atom is -0.356 e. The van der Waals surface area contributed by atoms with Gasteiger partial charge in [0.15, 0.2) is 5.76 Å². The maximum Gasteiger partial charge on any atom is 0.278 e. The number of hydrogen-bond acceptors (Lipinski definition) is 6. The molecule has 184 valence electrons. The third kappa shape index (κ3) is 5.79. The molecule has 0 radical (unpaired) electrons. The smallest absolute Gasteiger partial charge is 0.278 e. The van der Waals surface area contributed by atoms with Crippen molar-refractivity contribution in [3.05, 3.63) is 60.8 Å². The molecular weight excluding hydrogens is 487 g/mol. The Hall–Kier alpha value is -3.47. The Morgan fingerprint density at radius 2 is 1.83 bits per heavy atom. The Balaban J connectivity index is 1.75. The summed E-state index contributed by atoms with van der Waals surface area (Å²) in [6.07, 6.45) is 3.95. The van der Waals surface area contributed by atoms with Gasteiger partial charge in [-0.2, -0.15) is 0 Å². The predicted molar refractivity (Wildman–Crippen MR) is 120 cm³/mol. The molecule has 0 saturated heterocycles. The summed E-state index contributed by atoms with van der Waals surface area (Å²) in [5.74, 6) is -4.84. The molecule has 12 heteroatoms. The van der Waals surface area contributed by atoms with Crippen molar-refractivity contribution in [2.24, 2.45) is 0 Å². The van der Waals surface area contributed by atoms with Gasteiger partial charge in [-0.15, -0.1) is 0 Å². The number of anilines is 1. The molecule has 0 spiro atoms. The van der Waals surface area contributed by atoms with E-state index in [0.717, 1.165) is 18.7 Å². The molecule has 0 aliphatic heterocycles. The van der Waals surface area contributed by atoms with E-state index in [1.54, 1.807) is 6.07 Å². The van der Waals surface area contributed by atoms with Gasteiger partial charge in [-0.05, 0) is 37.1 Å². The van der Waals surface area contributed by atoms with E-state index in [9.17, 15) is 24.1 Å². The van der Waals surface area contributed by atoms with Crippen LogP contribution in [0.4, 0.5) is 18.9 Å². The van der Waals surface area contributed by atoms with Gasteiger partial charge < -0.3 is 9.84 Å². The summed E-state index contributed by atoms with van der Waals surface area (Å²) in [4.78, 5) is 34.8. The first kappa shape index (κ1) is 23.3. The van der Waals surface area contributed by atoms with Gasteiger partial charge in [0.25, 0.3) is 11.5 Å². The second kappa shape index (κ2) is 10.4. The minimum absolute atomic E-state index is 0.0266. The summed E-state index contributed by atoms with van der Waals surface area (Å²) in [5, 5.41) is 6.20. The fourth-order valence-corrected chi connectivity index (χ4v) is 3.92. The lowest BCUT2D eigenvalue weighted by atomic mass is 9.92. The molecule has 0 unspecified atom stereocenters. The van der Waals surface area contributed by atoms with Crippen LogP contribution in [0, 0.1) is 0 Å². The molecule has 2 amide bonds. The number of carbonyl (C=O) groups is 2. The summed E-state index contributed by atoms with van der Waals surface area (Å²) >= 11 is 5.50. The SMILES string of the molecule is [2H][C@](C(=O)NC1CCC(F)(F)CC1)(c1cncnc1)N(C(=O)[C@H](F)Cl)c1ccc(-c2ccno2)cc1. The summed E-state index contributed by atoms with van der Waals surface area (Å²) < 4.78 is 55.7. The molecule has 1 saturated carbocycles. The molecule has 8 nitrogen and oxygen atoms in total. The largest absolute Gasteiger partial charge is 0.356 e. The first-order chi connectivity index (χ1) is 17.1. The molecule has 35 heavy (non-hydrogen) atoms. The van der Waals surface area contributed by atoms with Crippen LogP contribution < -0.4 is 10.2 Å². The zero-order valence-electron chi connectivity index (χ0n) is 19.2. The van der Waals surface area contributed by atoms with E-state index in [4.69, 9.17) is 16.1 Å². The van der Waals surface area contributed by atoms with Crippen LogP contribution in [0.2, 0.25) is 0 Å². The molecule has 4 rings (SSSR count). The maximum atomic E-state index is 14.2. The van der Waals surface area contributed by atoms with Gasteiger partial charge in [0.1, 0.15) is 12.3 Å². The summed E-state index contributed by atoms with van der Waals surface area (Å²) in [5.41, 5.74) is -2.21. The first-order valence-corrected chi connectivity index (χ1v) is 11.1. The van der Waals surface area contributed by atoms with Crippen LogP contribution in [-0.4, -0.2) is 44.5 Å². The van der Waals surface area contributed by atoms with Crippen molar-refractivity contribution in [2.45, 2.75) is 49.3 Å². The molecular formula is C23H21ClF3N5O3. The molecule has 1 aliphatic carbocycles. The molecule has 0 bridgehead atoms. The highest BCUT2D eigenvalue weighted by Crippen LogP contribution is 2.35. The standard InChI is InChI=1S/C23H21ClF3N5O3/c24-20(25)22(34)32(17-3-1-14(2-4-17)18-7-10-30-35-18)19(15-11-28-13-29-12-15)21(33)31-16-5-8-23(26,27)9-6-16/h1-4,7,10-13,16,19-20H,5-6,8-9H2,(H,31,33)/t19-,20+/m1/s1/i19D. The van der Waals surface area contributed by atoms with Gasteiger partial charge in [-0.3, -0.25) is 14.5 Å². The quantitative estimate of drug-likeness (QED) is 0.474. The molecule has 2 heterocycles. The number of rotatable bonds is 7. The van der Waals surface area contributed by atoms with Gasteiger partial charge in [0.05, 0.1) is 7.57 Å². The number of nitrogens with zero attached hydrogens (tertiary/aromatic N) is 4. The number of nitrogens with one attached hydrogen (secondary N) is 1. The Bertz CT molecular complexity index is 1190. The fourth-order valence-electron chi connectivity index (χ4n) is 3.82. The van der Waals surface area contributed by atoms with Crippen LogP contribution in [0.5, 0.6) is 0 Å². The Labute approximate surface area is 204 Å². The average molecular weight is 509 g/mol. The van der Waals surface area contributed by atoms with E-state index < -0.39 is 48.3 Å². The third-order valence-corrected chi connectivity index (χ3v) is 5.77. The number of halogens is 4. The number of hydrogen-bond donors (Lipinski definition) is 1. The average Bonchev–Trinajstić information content (AvgIpc) is 3.41. The van der Waals surface area contributed by atoms with Crippen molar-refractivity contribution < 1.29 is 28.7 Å². The highest BCUT2D eigenvalue weighted by atomic mass is 35.5. The first-order valence-electron chi connectivity index (χ1n) is 11.2. The molecule has 1 N–H and O–H groups in total. The highest BCUT2D eigenvalue weighted by molar-refractivity contribution is 6.32. The van der Waals surface area contributed by atoms with Crippen molar-refractivity contribution in [1.29, 1.82) is 0 Å². The fraction of sp³-hybridized carbons (Fsp3) is 0.348. The lowest BCUT2D eigenvalue weighted by molar-refractivity contribution is -0.128. The van der Waals surface area contributed by atoms with Crippen LogP contribution in [0.25, 0.3) is 11.3 Å². The highest BCUT2D eigenvalue weighted by Gasteiger charge is 2.39. The van der Waals surface area contributed by atoms with Crippen LogP contribution in [0.1, 0.15) is 38.6 Å². The van der Waals surface area contributed by atoms with E-state index in [2.05, 4.69) is 20.4 Å². The van der Waals surface area contributed by atoms with Gasteiger partial charge in [0, 0.05) is 54.2 Å². The number of aromatic nitrogens is 3. The third-order valence-electron chi connectivity index (χ3n) is 5.58. The minimum atomic E-state index is -2.83. The number of amides is 2. The van der Waals surface area contributed by atoms with Gasteiger partial charge in [-0.1, -0.05) is 16.8 Å². The Morgan fingerprint density at radius 1 is 1.17 bits per heavy atom. The van der Waals surface area contributed by atoms with Crippen LogP contribution in [-0.2, 0) is 9.59 Å². The summed E-state index contributed by atoms with van der Waals surface area (Å²) in [6, 6.07) is 4.14. The molecule has 1 fully saturated rings.